The lowest BCUT2D eigenvalue weighted by Crippen LogP contribution is -2.37. The second-order valence-corrected chi connectivity index (χ2v) is 8.16. The third-order valence-electron chi connectivity index (χ3n) is 5.98. The SMILES string of the molecule is CCN(CC)CCN1C(=O)c2oc3cc(C)c(Cl)cc3c(=O)c2C1c1ccc(F)cc1. The topological polar surface area (TPSA) is 53.8 Å². The van der Waals surface area contributed by atoms with Crippen LogP contribution in [0.1, 0.15) is 47.1 Å². The van der Waals surface area contributed by atoms with Gasteiger partial charge in [0.15, 0.2) is 5.43 Å². The van der Waals surface area contributed by atoms with Gasteiger partial charge in [-0.1, -0.05) is 37.6 Å². The van der Waals surface area contributed by atoms with Crippen molar-refractivity contribution in [2.75, 3.05) is 26.2 Å². The molecule has 5 nitrogen and oxygen atoms in total. The average Bonchev–Trinajstić information content (AvgIpc) is 3.03. The molecule has 0 bridgehead atoms. The zero-order valence-electron chi connectivity index (χ0n) is 17.7. The first kappa shape index (κ1) is 21.5. The molecule has 1 aliphatic rings. The van der Waals surface area contributed by atoms with Crippen LogP contribution in [0.5, 0.6) is 0 Å². The Morgan fingerprint density at radius 3 is 2.45 bits per heavy atom. The number of likely N-dealkylation sites (N-methyl/N-ethyl adjacent to an activating group) is 1. The van der Waals surface area contributed by atoms with Crippen molar-refractivity contribution in [1.29, 1.82) is 0 Å². The summed E-state index contributed by atoms with van der Waals surface area (Å²) in [5.74, 6) is -0.660. The van der Waals surface area contributed by atoms with Gasteiger partial charge in [-0.3, -0.25) is 9.59 Å². The predicted octanol–water partition coefficient (Wildman–Crippen LogP) is 4.78. The molecule has 2 aromatic carbocycles. The zero-order valence-corrected chi connectivity index (χ0v) is 18.5. The first-order valence-electron chi connectivity index (χ1n) is 10.4. The summed E-state index contributed by atoms with van der Waals surface area (Å²) in [6.45, 7) is 8.72. The maximum Gasteiger partial charge on any atom is 0.290 e. The fourth-order valence-corrected chi connectivity index (χ4v) is 4.32. The van der Waals surface area contributed by atoms with Gasteiger partial charge in [0.25, 0.3) is 5.91 Å². The van der Waals surface area contributed by atoms with Crippen LogP contribution in [0.3, 0.4) is 0 Å². The van der Waals surface area contributed by atoms with E-state index in [1.54, 1.807) is 29.2 Å². The van der Waals surface area contributed by atoms with Gasteiger partial charge >= 0.3 is 0 Å². The quantitative estimate of drug-likeness (QED) is 0.551. The number of carbonyl (C=O) groups excluding carboxylic acids is 1. The Kier molecular flexibility index (Phi) is 5.86. The molecular formula is C24H24ClFN2O3. The first-order chi connectivity index (χ1) is 14.8. The Balaban J connectivity index is 1.89. The highest BCUT2D eigenvalue weighted by Gasteiger charge is 2.42. The van der Waals surface area contributed by atoms with Gasteiger partial charge in [0.05, 0.1) is 17.0 Å². The third kappa shape index (κ3) is 3.75. The van der Waals surface area contributed by atoms with E-state index in [2.05, 4.69) is 18.7 Å². The molecule has 0 saturated heterocycles. The van der Waals surface area contributed by atoms with Gasteiger partial charge in [-0.15, -0.1) is 0 Å². The molecule has 0 saturated carbocycles. The van der Waals surface area contributed by atoms with Crippen molar-refractivity contribution >= 4 is 28.5 Å². The van der Waals surface area contributed by atoms with Crippen molar-refractivity contribution in [3.05, 3.63) is 79.9 Å². The van der Waals surface area contributed by atoms with Crippen LogP contribution in [0.15, 0.2) is 45.6 Å². The molecule has 0 N–H and O–H groups in total. The van der Waals surface area contributed by atoms with Crippen molar-refractivity contribution in [2.45, 2.75) is 26.8 Å². The van der Waals surface area contributed by atoms with E-state index in [1.165, 1.54) is 12.1 Å². The number of benzene rings is 2. The van der Waals surface area contributed by atoms with E-state index >= 15 is 0 Å². The zero-order chi connectivity index (χ0) is 22.3. The van der Waals surface area contributed by atoms with Gasteiger partial charge in [0, 0.05) is 18.1 Å². The third-order valence-corrected chi connectivity index (χ3v) is 6.39. The molecule has 1 amide bonds. The Hall–Kier alpha value is -2.70. The molecule has 1 aliphatic heterocycles. The molecule has 3 aromatic rings. The number of nitrogens with zero attached hydrogens (tertiary/aromatic N) is 2. The summed E-state index contributed by atoms with van der Waals surface area (Å²) in [7, 11) is 0. The predicted molar refractivity (Wildman–Crippen MR) is 119 cm³/mol. The molecule has 1 unspecified atom stereocenters. The fourth-order valence-electron chi connectivity index (χ4n) is 4.15. The van der Waals surface area contributed by atoms with Crippen LogP contribution >= 0.6 is 11.6 Å². The molecular weight excluding hydrogens is 419 g/mol. The molecule has 7 heteroatoms. The summed E-state index contributed by atoms with van der Waals surface area (Å²) < 4.78 is 19.5. The van der Waals surface area contributed by atoms with E-state index in [0.29, 0.717) is 34.6 Å². The Labute approximate surface area is 185 Å². The number of amides is 1. The largest absolute Gasteiger partial charge is 0.450 e. The maximum atomic E-state index is 13.6. The van der Waals surface area contributed by atoms with Crippen LogP contribution < -0.4 is 5.43 Å². The van der Waals surface area contributed by atoms with Crippen LogP contribution in [-0.4, -0.2) is 41.9 Å². The molecule has 162 valence electrons. The van der Waals surface area contributed by atoms with E-state index < -0.39 is 6.04 Å². The summed E-state index contributed by atoms with van der Waals surface area (Å²) in [6, 6.07) is 8.52. The van der Waals surface area contributed by atoms with Gasteiger partial charge in [-0.25, -0.2) is 4.39 Å². The number of rotatable bonds is 6. The van der Waals surface area contributed by atoms with E-state index in [9.17, 15) is 14.0 Å². The molecule has 31 heavy (non-hydrogen) atoms. The molecule has 0 fully saturated rings. The minimum atomic E-state index is -0.639. The highest BCUT2D eigenvalue weighted by Crippen LogP contribution is 2.38. The van der Waals surface area contributed by atoms with Gasteiger partial charge in [-0.2, -0.15) is 0 Å². The fraction of sp³-hybridized carbons (Fsp3) is 0.333. The van der Waals surface area contributed by atoms with Gasteiger partial charge in [0.1, 0.15) is 11.4 Å². The molecule has 1 aromatic heterocycles. The van der Waals surface area contributed by atoms with Crippen LogP contribution in [0.2, 0.25) is 5.02 Å². The second kappa shape index (κ2) is 8.44. The number of carbonyl (C=O) groups is 1. The highest BCUT2D eigenvalue weighted by atomic mass is 35.5. The van der Waals surface area contributed by atoms with Gasteiger partial charge in [-0.05, 0) is 55.4 Å². The van der Waals surface area contributed by atoms with E-state index in [0.717, 1.165) is 18.7 Å². The summed E-state index contributed by atoms with van der Waals surface area (Å²) in [5.41, 5.74) is 1.76. The number of halogens is 2. The number of hydrogen-bond donors (Lipinski definition) is 0. The second-order valence-electron chi connectivity index (χ2n) is 7.75. The molecule has 1 atom stereocenters. The minimum Gasteiger partial charge on any atom is -0.450 e. The summed E-state index contributed by atoms with van der Waals surface area (Å²) in [5, 5.41) is 0.792. The lowest BCUT2D eigenvalue weighted by atomic mass is 9.98. The molecule has 4 rings (SSSR count). The van der Waals surface area contributed by atoms with E-state index in [4.69, 9.17) is 16.0 Å². The molecule has 0 spiro atoms. The lowest BCUT2D eigenvalue weighted by molar-refractivity contribution is 0.0708. The number of aryl methyl sites for hydroxylation is 1. The van der Waals surface area contributed by atoms with E-state index in [1.807, 2.05) is 6.92 Å². The Morgan fingerprint density at radius 2 is 1.81 bits per heavy atom. The van der Waals surface area contributed by atoms with Gasteiger partial charge < -0.3 is 14.2 Å². The first-order valence-corrected chi connectivity index (χ1v) is 10.8. The van der Waals surface area contributed by atoms with Crippen LogP contribution in [-0.2, 0) is 0 Å². The average molecular weight is 443 g/mol. The summed E-state index contributed by atoms with van der Waals surface area (Å²) in [6.07, 6.45) is 0. The standard InChI is InChI=1S/C24H24ClFN2O3/c1-4-27(5-2)10-11-28-21(15-6-8-16(26)9-7-15)20-22(29)17-13-18(25)14(3)12-19(17)31-23(20)24(28)30/h6-9,12-13,21H,4-5,10-11H2,1-3H3. The Bertz CT molecular complexity index is 1200. The molecule has 2 heterocycles. The lowest BCUT2D eigenvalue weighted by Gasteiger charge is -2.28. The normalized spacial score (nSPS) is 15.9. The van der Waals surface area contributed by atoms with Crippen molar-refractivity contribution in [3.8, 4) is 0 Å². The molecule has 0 aliphatic carbocycles. The van der Waals surface area contributed by atoms with Crippen molar-refractivity contribution < 1.29 is 13.6 Å². The minimum absolute atomic E-state index is 0.0492. The summed E-state index contributed by atoms with van der Waals surface area (Å²) >= 11 is 6.25. The Morgan fingerprint density at radius 1 is 1.13 bits per heavy atom. The van der Waals surface area contributed by atoms with Crippen molar-refractivity contribution in [2.24, 2.45) is 0 Å². The highest BCUT2D eigenvalue weighted by molar-refractivity contribution is 6.32. The van der Waals surface area contributed by atoms with Crippen molar-refractivity contribution in [1.82, 2.24) is 9.80 Å². The summed E-state index contributed by atoms with van der Waals surface area (Å²) in [4.78, 5) is 30.7. The monoisotopic (exact) mass is 442 g/mol. The number of fused-ring (bicyclic) bond motifs is 2. The van der Waals surface area contributed by atoms with Crippen LogP contribution in [0.25, 0.3) is 11.0 Å². The van der Waals surface area contributed by atoms with Gasteiger partial charge in [0.2, 0.25) is 5.76 Å². The van der Waals surface area contributed by atoms with E-state index in [-0.39, 0.29) is 28.5 Å². The van der Waals surface area contributed by atoms with Crippen LogP contribution in [0.4, 0.5) is 4.39 Å². The van der Waals surface area contributed by atoms with Crippen LogP contribution in [0, 0.1) is 12.7 Å². The maximum absolute atomic E-state index is 13.6. The smallest absolute Gasteiger partial charge is 0.290 e. The van der Waals surface area contributed by atoms with Crippen molar-refractivity contribution in [3.63, 3.8) is 0 Å². The number of hydrogen-bond acceptors (Lipinski definition) is 4. The molecule has 0 radical (unpaired) electrons.